The summed E-state index contributed by atoms with van der Waals surface area (Å²) in [6.07, 6.45) is 2.80. The Balaban J connectivity index is 1.92. The molecule has 0 aliphatic carbocycles. The maximum atomic E-state index is 11.9. The van der Waals surface area contributed by atoms with Crippen LogP contribution in [0.2, 0.25) is 0 Å². The van der Waals surface area contributed by atoms with Gasteiger partial charge in [-0.25, -0.2) is 9.66 Å². The van der Waals surface area contributed by atoms with Gasteiger partial charge in [0.2, 0.25) is 0 Å². The number of hydrogen-bond acceptors (Lipinski definition) is 4. The first-order chi connectivity index (χ1) is 8.83. The normalized spacial score (nSPS) is 10.4. The molecule has 0 atom stereocenters. The molecule has 0 saturated heterocycles. The van der Waals surface area contributed by atoms with Crippen molar-refractivity contribution < 1.29 is 4.79 Å². The molecule has 1 N–H and O–H groups in total. The van der Waals surface area contributed by atoms with Gasteiger partial charge in [-0.15, -0.1) is 10.2 Å². The Kier molecular flexibility index (Phi) is 2.45. The Morgan fingerprint density at radius 1 is 1.06 bits per heavy atom. The van der Waals surface area contributed by atoms with Crippen LogP contribution in [0.1, 0.15) is 10.5 Å². The van der Waals surface area contributed by atoms with Gasteiger partial charge in [0.05, 0.1) is 5.52 Å². The number of carbonyl (C=O) groups excluding carboxylic acids is 1. The first-order valence-electron chi connectivity index (χ1n) is 5.35. The van der Waals surface area contributed by atoms with Crippen molar-refractivity contribution in [1.82, 2.24) is 19.9 Å². The summed E-state index contributed by atoms with van der Waals surface area (Å²) in [5, 5.41) is 8.19. The predicted octanol–water partition coefficient (Wildman–Crippen LogP) is 1.21. The van der Waals surface area contributed by atoms with Crippen molar-refractivity contribution in [2.75, 3.05) is 5.43 Å². The number of amides is 1. The third-order valence-corrected chi connectivity index (χ3v) is 2.48. The minimum Gasteiger partial charge on any atom is -0.266 e. The van der Waals surface area contributed by atoms with Crippen molar-refractivity contribution in [2.45, 2.75) is 0 Å². The molecule has 0 aliphatic rings. The Morgan fingerprint density at radius 3 is 2.67 bits per heavy atom. The number of nitrogens with zero attached hydrogens (tertiary/aromatic N) is 4. The topological polar surface area (TPSA) is 72.7 Å². The molecule has 6 nitrogen and oxygen atoms in total. The van der Waals surface area contributed by atoms with Gasteiger partial charge in [0.15, 0.2) is 0 Å². The Morgan fingerprint density at radius 2 is 1.83 bits per heavy atom. The van der Waals surface area contributed by atoms with Crippen LogP contribution in [0.5, 0.6) is 0 Å². The average molecular weight is 239 g/mol. The van der Waals surface area contributed by atoms with Gasteiger partial charge in [-0.05, 0) is 12.1 Å². The minimum atomic E-state index is -0.305. The fourth-order valence-electron chi connectivity index (χ4n) is 1.63. The molecular weight excluding hydrogens is 230 g/mol. The standard InChI is InChI=1S/C12H9N5O/c18-12(16-17-7-13-14-8-17)11-6-5-9-3-1-2-4-10(9)15-11/h1-8H,(H,16,18). The molecule has 0 aliphatic heterocycles. The molecule has 3 rings (SSSR count). The maximum absolute atomic E-state index is 11.9. The van der Waals surface area contributed by atoms with Crippen LogP contribution in [0.4, 0.5) is 0 Å². The van der Waals surface area contributed by atoms with E-state index in [0.29, 0.717) is 5.69 Å². The maximum Gasteiger partial charge on any atom is 0.288 e. The summed E-state index contributed by atoms with van der Waals surface area (Å²) in [7, 11) is 0. The van der Waals surface area contributed by atoms with Crippen LogP contribution in [0.15, 0.2) is 49.1 Å². The van der Waals surface area contributed by atoms with Gasteiger partial charge in [0.1, 0.15) is 18.3 Å². The van der Waals surface area contributed by atoms with E-state index >= 15 is 0 Å². The third-order valence-electron chi connectivity index (χ3n) is 2.48. The highest BCUT2D eigenvalue weighted by atomic mass is 16.2. The molecule has 1 aromatic carbocycles. The highest BCUT2D eigenvalue weighted by molar-refractivity contribution is 5.99. The number of fused-ring (bicyclic) bond motifs is 1. The molecule has 18 heavy (non-hydrogen) atoms. The Labute approximate surface area is 102 Å². The number of nitrogens with one attached hydrogen (secondary N) is 1. The van der Waals surface area contributed by atoms with E-state index in [1.54, 1.807) is 6.07 Å². The fraction of sp³-hybridized carbons (Fsp3) is 0. The molecule has 0 radical (unpaired) electrons. The van der Waals surface area contributed by atoms with Crippen LogP contribution in [0, 0.1) is 0 Å². The summed E-state index contributed by atoms with van der Waals surface area (Å²) in [5.74, 6) is -0.305. The zero-order valence-electron chi connectivity index (χ0n) is 9.32. The van der Waals surface area contributed by atoms with Crippen LogP contribution < -0.4 is 5.43 Å². The highest BCUT2D eigenvalue weighted by Gasteiger charge is 2.08. The number of benzene rings is 1. The lowest BCUT2D eigenvalue weighted by atomic mass is 10.2. The van der Waals surface area contributed by atoms with E-state index < -0.39 is 0 Å². The van der Waals surface area contributed by atoms with E-state index in [2.05, 4.69) is 20.6 Å². The SMILES string of the molecule is O=C(Nn1cnnc1)c1ccc2ccccc2n1. The lowest BCUT2D eigenvalue weighted by molar-refractivity contribution is 0.100. The van der Waals surface area contributed by atoms with Gasteiger partial charge < -0.3 is 0 Å². The molecule has 0 spiro atoms. The molecule has 2 aromatic heterocycles. The molecule has 88 valence electrons. The lowest BCUT2D eigenvalue weighted by Crippen LogP contribution is -2.22. The zero-order chi connectivity index (χ0) is 12.4. The van der Waals surface area contributed by atoms with E-state index in [1.165, 1.54) is 17.3 Å². The summed E-state index contributed by atoms with van der Waals surface area (Å²) < 4.78 is 1.37. The Hall–Kier alpha value is -2.76. The number of rotatable bonds is 2. The van der Waals surface area contributed by atoms with Crippen molar-refractivity contribution in [3.63, 3.8) is 0 Å². The van der Waals surface area contributed by atoms with E-state index in [4.69, 9.17) is 0 Å². The summed E-state index contributed by atoms with van der Waals surface area (Å²) in [6.45, 7) is 0. The van der Waals surface area contributed by atoms with Crippen LogP contribution in [0.25, 0.3) is 10.9 Å². The number of carbonyl (C=O) groups is 1. The number of pyridine rings is 1. The van der Waals surface area contributed by atoms with Crippen LogP contribution in [0.3, 0.4) is 0 Å². The summed E-state index contributed by atoms with van der Waals surface area (Å²) >= 11 is 0. The average Bonchev–Trinajstić information content (AvgIpc) is 2.91. The van der Waals surface area contributed by atoms with E-state index in [0.717, 1.165) is 10.9 Å². The van der Waals surface area contributed by atoms with Gasteiger partial charge in [0.25, 0.3) is 5.91 Å². The largest absolute Gasteiger partial charge is 0.288 e. The number of hydrogen-bond donors (Lipinski definition) is 1. The first-order valence-corrected chi connectivity index (χ1v) is 5.35. The number of aromatic nitrogens is 4. The fourth-order valence-corrected chi connectivity index (χ4v) is 1.63. The molecule has 0 unspecified atom stereocenters. The summed E-state index contributed by atoms with van der Waals surface area (Å²) in [5.41, 5.74) is 3.73. The molecule has 6 heteroatoms. The van der Waals surface area contributed by atoms with Crippen LogP contribution in [-0.4, -0.2) is 25.8 Å². The molecule has 1 amide bonds. The van der Waals surface area contributed by atoms with Crippen molar-refractivity contribution >= 4 is 16.8 Å². The second kappa shape index (κ2) is 4.25. The second-order valence-electron chi connectivity index (χ2n) is 3.70. The molecule has 3 aromatic rings. The monoisotopic (exact) mass is 239 g/mol. The van der Waals surface area contributed by atoms with Gasteiger partial charge in [-0.2, -0.15) is 0 Å². The van der Waals surface area contributed by atoms with E-state index in [9.17, 15) is 4.79 Å². The lowest BCUT2D eigenvalue weighted by Gasteiger charge is -2.04. The van der Waals surface area contributed by atoms with Crippen LogP contribution >= 0.6 is 0 Å². The summed E-state index contributed by atoms with van der Waals surface area (Å²) in [6, 6.07) is 11.2. The highest BCUT2D eigenvalue weighted by Crippen LogP contribution is 2.11. The van der Waals surface area contributed by atoms with Crippen molar-refractivity contribution in [2.24, 2.45) is 0 Å². The van der Waals surface area contributed by atoms with Crippen molar-refractivity contribution in [3.8, 4) is 0 Å². The van der Waals surface area contributed by atoms with Crippen molar-refractivity contribution in [3.05, 3.63) is 54.7 Å². The molecule has 0 saturated carbocycles. The molecule has 2 heterocycles. The van der Waals surface area contributed by atoms with Gasteiger partial charge in [-0.1, -0.05) is 24.3 Å². The molecular formula is C12H9N5O. The summed E-state index contributed by atoms with van der Waals surface area (Å²) in [4.78, 5) is 16.2. The number of para-hydroxylation sites is 1. The second-order valence-corrected chi connectivity index (χ2v) is 3.70. The predicted molar refractivity (Wildman–Crippen MR) is 65.5 cm³/mol. The van der Waals surface area contributed by atoms with Gasteiger partial charge in [0, 0.05) is 5.39 Å². The quantitative estimate of drug-likeness (QED) is 0.729. The van der Waals surface area contributed by atoms with Gasteiger partial charge >= 0.3 is 0 Å². The van der Waals surface area contributed by atoms with E-state index in [1.807, 2.05) is 30.3 Å². The molecule has 0 fully saturated rings. The van der Waals surface area contributed by atoms with Crippen molar-refractivity contribution in [1.29, 1.82) is 0 Å². The van der Waals surface area contributed by atoms with Crippen LogP contribution in [-0.2, 0) is 0 Å². The zero-order valence-corrected chi connectivity index (χ0v) is 9.32. The third kappa shape index (κ3) is 1.91. The minimum absolute atomic E-state index is 0.305. The Bertz CT molecular complexity index is 693. The van der Waals surface area contributed by atoms with E-state index in [-0.39, 0.29) is 5.91 Å². The molecule has 0 bridgehead atoms. The first kappa shape index (κ1) is 10.4. The smallest absolute Gasteiger partial charge is 0.266 e. The van der Waals surface area contributed by atoms with Gasteiger partial charge in [-0.3, -0.25) is 10.2 Å².